The molecule has 0 N–H and O–H groups in total. The van der Waals surface area contributed by atoms with E-state index in [1.165, 1.54) is 6.26 Å². The topological polar surface area (TPSA) is 78.0 Å². The summed E-state index contributed by atoms with van der Waals surface area (Å²) in [6.07, 6.45) is 4.95. The number of amides is 2. The molecule has 1 aliphatic rings. The van der Waals surface area contributed by atoms with E-state index in [2.05, 4.69) is 18.7 Å². The Bertz CT molecular complexity index is 855. The van der Waals surface area contributed by atoms with Gasteiger partial charge in [-0.2, -0.15) is 0 Å². The van der Waals surface area contributed by atoms with Crippen LogP contribution in [0.5, 0.6) is 0 Å². The predicted octanol–water partition coefficient (Wildman–Crippen LogP) is 2.59. The molecule has 1 fully saturated rings. The SMILES string of the molecule is CCC(=O)N1CCC(=O)N(CCCCN(CC)C(C)Cc2ccc(S(C)(=O)=O)cc2)CC1. The number of benzene rings is 1. The molecule has 0 radical (unpaired) electrons. The van der Waals surface area contributed by atoms with Gasteiger partial charge < -0.3 is 14.7 Å². The minimum absolute atomic E-state index is 0.123. The zero-order valence-corrected chi connectivity index (χ0v) is 20.9. The lowest BCUT2D eigenvalue weighted by Crippen LogP contribution is -2.37. The van der Waals surface area contributed by atoms with Gasteiger partial charge in [0.15, 0.2) is 9.84 Å². The minimum atomic E-state index is -3.17. The summed E-state index contributed by atoms with van der Waals surface area (Å²) < 4.78 is 23.3. The number of unbranched alkanes of at least 4 members (excludes halogenated alkanes) is 1. The maximum absolute atomic E-state index is 12.4. The molecule has 0 aromatic heterocycles. The molecule has 1 aromatic carbocycles. The highest BCUT2D eigenvalue weighted by Crippen LogP contribution is 2.15. The van der Waals surface area contributed by atoms with Crippen LogP contribution in [0.15, 0.2) is 29.2 Å². The fraction of sp³-hybridized carbons (Fsp3) is 0.667. The third-order valence-electron chi connectivity index (χ3n) is 6.28. The van der Waals surface area contributed by atoms with Crippen molar-refractivity contribution in [3.63, 3.8) is 0 Å². The first-order chi connectivity index (χ1) is 15.2. The summed E-state index contributed by atoms with van der Waals surface area (Å²) in [5.74, 6) is 0.271. The molecule has 7 nitrogen and oxygen atoms in total. The van der Waals surface area contributed by atoms with E-state index in [-0.39, 0.29) is 11.8 Å². The molecule has 2 amide bonds. The summed E-state index contributed by atoms with van der Waals surface area (Å²) in [6.45, 7) is 10.7. The van der Waals surface area contributed by atoms with Crippen molar-refractivity contribution in [2.45, 2.75) is 63.8 Å². The molecule has 1 saturated heterocycles. The van der Waals surface area contributed by atoms with Gasteiger partial charge in [0.05, 0.1) is 4.90 Å². The van der Waals surface area contributed by atoms with E-state index in [9.17, 15) is 18.0 Å². The van der Waals surface area contributed by atoms with E-state index in [0.29, 0.717) is 43.4 Å². The Morgan fingerprint density at radius 2 is 1.78 bits per heavy atom. The molecule has 1 atom stereocenters. The lowest BCUT2D eigenvalue weighted by atomic mass is 10.1. The Labute approximate surface area is 193 Å². The number of carbonyl (C=O) groups is 2. The van der Waals surface area contributed by atoms with Crippen LogP contribution in [0.1, 0.15) is 52.0 Å². The van der Waals surface area contributed by atoms with E-state index in [0.717, 1.165) is 44.5 Å². The zero-order valence-electron chi connectivity index (χ0n) is 20.0. The fourth-order valence-corrected chi connectivity index (χ4v) is 4.86. The molecule has 1 heterocycles. The molecule has 1 aromatic rings. The molecule has 0 bridgehead atoms. The Hall–Kier alpha value is -1.93. The van der Waals surface area contributed by atoms with Gasteiger partial charge >= 0.3 is 0 Å². The van der Waals surface area contributed by atoms with Crippen LogP contribution >= 0.6 is 0 Å². The van der Waals surface area contributed by atoms with Crippen molar-refractivity contribution in [2.24, 2.45) is 0 Å². The molecule has 0 spiro atoms. The second kappa shape index (κ2) is 12.3. The molecule has 1 unspecified atom stereocenters. The van der Waals surface area contributed by atoms with Crippen LogP contribution in [-0.2, 0) is 25.8 Å². The van der Waals surface area contributed by atoms with Crippen LogP contribution in [0.4, 0.5) is 0 Å². The predicted molar refractivity (Wildman–Crippen MR) is 127 cm³/mol. The summed E-state index contributed by atoms with van der Waals surface area (Å²) in [5, 5.41) is 0. The highest BCUT2D eigenvalue weighted by molar-refractivity contribution is 7.90. The van der Waals surface area contributed by atoms with Crippen LogP contribution in [0.2, 0.25) is 0 Å². The van der Waals surface area contributed by atoms with Crippen LogP contribution in [0, 0.1) is 0 Å². The Kier molecular flexibility index (Phi) is 10.2. The third-order valence-corrected chi connectivity index (χ3v) is 7.41. The van der Waals surface area contributed by atoms with E-state index < -0.39 is 9.84 Å². The number of likely N-dealkylation sites (N-methyl/N-ethyl adjacent to an activating group) is 1. The lowest BCUT2D eigenvalue weighted by Gasteiger charge is -2.28. The third kappa shape index (κ3) is 7.89. The smallest absolute Gasteiger partial charge is 0.224 e. The molecule has 32 heavy (non-hydrogen) atoms. The van der Waals surface area contributed by atoms with Gasteiger partial charge in [-0.3, -0.25) is 9.59 Å². The first-order valence-electron chi connectivity index (χ1n) is 11.7. The average Bonchev–Trinajstić information content (AvgIpc) is 2.94. The molecule has 2 rings (SSSR count). The van der Waals surface area contributed by atoms with Crippen molar-refractivity contribution in [2.75, 3.05) is 45.5 Å². The maximum atomic E-state index is 12.4. The van der Waals surface area contributed by atoms with Gasteiger partial charge in [0, 0.05) is 51.3 Å². The monoisotopic (exact) mass is 465 g/mol. The zero-order chi connectivity index (χ0) is 23.7. The number of nitrogens with zero attached hydrogens (tertiary/aromatic N) is 3. The Balaban J connectivity index is 1.78. The van der Waals surface area contributed by atoms with Crippen LogP contribution in [-0.4, -0.2) is 86.5 Å². The second-order valence-electron chi connectivity index (χ2n) is 8.67. The standard InChI is InChI=1S/C24H39N3O4S/c1-5-23(28)27-16-13-24(29)26(17-18-27)15-8-7-14-25(6-2)20(3)19-21-9-11-22(12-10-21)32(4,30)31/h9-12,20H,5-8,13-19H2,1-4H3. The minimum Gasteiger partial charge on any atom is -0.341 e. The molecule has 180 valence electrons. The molecule has 1 aliphatic heterocycles. The van der Waals surface area contributed by atoms with Gasteiger partial charge in [-0.05, 0) is 57.0 Å². The number of hydrogen-bond acceptors (Lipinski definition) is 5. The van der Waals surface area contributed by atoms with E-state index in [1.807, 2.05) is 24.0 Å². The number of hydrogen-bond donors (Lipinski definition) is 0. The second-order valence-corrected chi connectivity index (χ2v) is 10.7. The molecular weight excluding hydrogens is 426 g/mol. The quantitative estimate of drug-likeness (QED) is 0.470. The summed E-state index contributed by atoms with van der Waals surface area (Å²) in [6, 6.07) is 7.51. The highest BCUT2D eigenvalue weighted by Gasteiger charge is 2.22. The molecule has 0 saturated carbocycles. The van der Waals surface area contributed by atoms with Gasteiger partial charge in [-0.1, -0.05) is 26.0 Å². The van der Waals surface area contributed by atoms with Crippen LogP contribution < -0.4 is 0 Å². The number of rotatable bonds is 11. The van der Waals surface area contributed by atoms with E-state index in [4.69, 9.17) is 0 Å². The average molecular weight is 466 g/mol. The van der Waals surface area contributed by atoms with Gasteiger partial charge in [-0.15, -0.1) is 0 Å². The summed E-state index contributed by atoms with van der Waals surface area (Å²) in [5.41, 5.74) is 1.13. The van der Waals surface area contributed by atoms with Gasteiger partial charge in [-0.25, -0.2) is 8.42 Å². The Morgan fingerprint density at radius 3 is 2.38 bits per heavy atom. The first kappa shape index (κ1) is 26.3. The summed E-state index contributed by atoms with van der Waals surface area (Å²) in [7, 11) is -3.17. The van der Waals surface area contributed by atoms with Crippen LogP contribution in [0.3, 0.4) is 0 Å². The van der Waals surface area contributed by atoms with E-state index in [1.54, 1.807) is 17.0 Å². The normalized spacial score (nSPS) is 16.3. The Morgan fingerprint density at radius 1 is 1.09 bits per heavy atom. The molecular formula is C24H39N3O4S. The number of carbonyl (C=O) groups excluding carboxylic acids is 2. The highest BCUT2D eigenvalue weighted by atomic mass is 32.2. The largest absolute Gasteiger partial charge is 0.341 e. The van der Waals surface area contributed by atoms with Crippen LogP contribution in [0.25, 0.3) is 0 Å². The molecule has 0 aliphatic carbocycles. The van der Waals surface area contributed by atoms with Gasteiger partial charge in [0.25, 0.3) is 0 Å². The van der Waals surface area contributed by atoms with Crippen molar-refractivity contribution in [3.8, 4) is 0 Å². The van der Waals surface area contributed by atoms with Crippen molar-refractivity contribution >= 4 is 21.7 Å². The first-order valence-corrected chi connectivity index (χ1v) is 13.6. The van der Waals surface area contributed by atoms with Gasteiger partial charge in [0.1, 0.15) is 0 Å². The fourth-order valence-electron chi connectivity index (χ4n) is 4.23. The van der Waals surface area contributed by atoms with Gasteiger partial charge in [0.2, 0.25) is 11.8 Å². The van der Waals surface area contributed by atoms with E-state index >= 15 is 0 Å². The van der Waals surface area contributed by atoms with Crippen molar-refractivity contribution in [1.29, 1.82) is 0 Å². The summed E-state index contributed by atoms with van der Waals surface area (Å²) >= 11 is 0. The lowest BCUT2D eigenvalue weighted by molar-refractivity contribution is -0.130. The van der Waals surface area contributed by atoms with Crippen molar-refractivity contribution < 1.29 is 18.0 Å². The van der Waals surface area contributed by atoms with Crippen molar-refractivity contribution in [1.82, 2.24) is 14.7 Å². The number of sulfone groups is 1. The van der Waals surface area contributed by atoms with Crippen molar-refractivity contribution in [3.05, 3.63) is 29.8 Å². The summed E-state index contributed by atoms with van der Waals surface area (Å²) in [4.78, 5) is 30.8. The maximum Gasteiger partial charge on any atom is 0.224 e. The molecule has 8 heteroatoms.